The van der Waals surface area contributed by atoms with E-state index < -0.39 is 5.97 Å². The van der Waals surface area contributed by atoms with Gasteiger partial charge in [0, 0.05) is 13.1 Å². The lowest BCUT2D eigenvalue weighted by Crippen LogP contribution is -1.85. The van der Waals surface area contributed by atoms with Gasteiger partial charge in [-0.05, 0) is 6.08 Å². The number of hydrogen-bond donors (Lipinski definition) is 1. The molecule has 0 aromatic carbocycles. The first-order chi connectivity index (χ1) is 5.18. The van der Waals surface area contributed by atoms with Crippen LogP contribution in [0.5, 0.6) is 0 Å². The molecule has 58 valence electrons. The summed E-state index contributed by atoms with van der Waals surface area (Å²) in [5.74, 6) is -0.990. The molecule has 0 atom stereocenters. The van der Waals surface area contributed by atoms with Gasteiger partial charge >= 0.3 is 5.97 Å². The molecule has 1 rings (SSSR count). The molecule has 1 aromatic rings. The van der Waals surface area contributed by atoms with E-state index in [1.54, 1.807) is 13.2 Å². The first kappa shape index (κ1) is 7.46. The number of carbonyl (C=O) groups is 1. The van der Waals surface area contributed by atoms with E-state index in [9.17, 15) is 4.79 Å². The number of hydrogen-bond acceptors (Lipinski definition) is 3. The molecule has 1 aromatic heterocycles. The second-order valence-corrected chi connectivity index (χ2v) is 1.99. The molecule has 1 heterocycles. The Morgan fingerprint density at radius 1 is 1.82 bits per heavy atom. The fourth-order valence-corrected chi connectivity index (χ4v) is 0.598. The predicted molar refractivity (Wildman–Crippen MR) is 37.7 cm³/mol. The van der Waals surface area contributed by atoms with E-state index in [2.05, 4.69) is 10.3 Å². The maximum Gasteiger partial charge on any atom is 0.328 e. The minimum atomic E-state index is -0.990. The van der Waals surface area contributed by atoms with Gasteiger partial charge in [0.05, 0.1) is 6.20 Å². The van der Waals surface area contributed by atoms with Crippen LogP contribution in [0, 0.1) is 0 Å². The van der Waals surface area contributed by atoms with Crippen LogP contribution in [0.1, 0.15) is 5.69 Å². The fourth-order valence-electron chi connectivity index (χ4n) is 0.598. The molecule has 1 N–H and O–H groups in total. The summed E-state index contributed by atoms with van der Waals surface area (Å²) in [5, 5.41) is 15.5. The summed E-state index contributed by atoms with van der Waals surface area (Å²) >= 11 is 0. The normalized spacial score (nSPS) is 10.6. The lowest BCUT2D eigenvalue weighted by molar-refractivity contribution is -0.131. The Kier molecular flexibility index (Phi) is 2.00. The molecule has 0 unspecified atom stereocenters. The average molecular weight is 153 g/mol. The average Bonchev–Trinajstić information content (AvgIpc) is 2.31. The van der Waals surface area contributed by atoms with Gasteiger partial charge < -0.3 is 5.11 Å². The highest BCUT2D eigenvalue weighted by atomic mass is 16.4. The van der Waals surface area contributed by atoms with E-state index in [0.29, 0.717) is 5.69 Å². The molecule has 0 aliphatic rings. The molecule has 0 spiro atoms. The van der Waals surface area contributed by atoms with Crippen molar-refractivity contribution in [2.75, 3.05) is 0 Å². The van der Waals surface area contributed by atoms with Crippen LogP contribution < -0.4 is 0 Å². The first-order valence-corrected chi connectivity index (χ1v) is 2.96. The number of carboxylic acid groups (broad SMARTS) is 1. The van der Waals surface area contributed by atoms with Crippen LogP contribution in [0.25, 0.3) is 6.08 Å². The van der Waals surface area contributed by atoms with Crippen LogP contribution in [-0.2, 0) is 11.8 Å². The third-order valence-corrected chi connectivity index (χ3v) is 1.02. The van der Waals surface area contributed by atoms with Gasteiger partial charge in [-0.2, -0.15) is 0 Å². The number of carboxylic acids is 1. The Morgan fingerprint density at radius 3 is 3.00 bits per heavy atom. The van der Waals surface area contributed by atoms with E-state index in [1.807, 2.05) is 0 Å². The highest BCUT2D eigenvalue weighted by Crippen LogP contribution is 1.93. The molecule has 0 bridgehead atoms. The number of aliphatic carboxylic acids is 1. The topological polar surface area (TPSA) is 68.0 Å². The van der Waals surface area contributed by atoms with Crippen LogP contribution in [-0.4, -0.2) is 26.1 Å². The third kappa shape index (κ3) is 2.21. The molecule has 0 fully saturated rings. The molecule has 0 saturated heterocycles. The Labute approximate surface area is 63.0 Å². The zero-order chi connectivity index (χ0) is 8.27. The second-order valence-electron chi connectivity index (χ2n) is 1.99. The van der Waals surface area contributed by atoms with E-state index in [1.165, 1.54) is 10.8 Å². The van der Waals surface area contributed by atoms with Gasteiger partial charge in [0.15, 0.2) is 0 Å². The molecular formula is C6H7N3O2. The van der Waals surface area contributed by atoms with Crippen molar-refractivity contribution in [2.45, 2.75) is 0 Å². The zero-order valence-corrected chi connectivity index (χ0v) is 5.93. The molecule has 0 saturated carbocycles. The van der Waals surface area contributed by atoms with Crippen molar-refractivity contribution < 1.29 is 9.90 Å². The van der Waals surface area contributed by atoms with Gasteiger partial charge in [0.2, 0.25) is 0 Å². The van der Waals surface area contributed by atoms with Gasteiger partial charge in [-0.1, -0.05) is 5.21 Å². The van der Waals surface area contributed by atoms with Crippen molar-refractivity contribution in [3.63, 3.8) is 0 Å². The predicted octanol–water partition coefficient (Wildman–Crippen LogP) is -0.0871. The summed E-state index contributed by atoms with van der Waals surface area (Å²) in [6.07, 6.45) is 4.03. The monoisotopic (exact) mass is 153 g/mol. The maximum atomic E-state index is 10.0. The van der Waals surface area contributed by atoms with Crippen LogP contribution in [0.4, 0.5) is 0 Å². The van der Waals surface area contributed by atoms with Gasteiger partial charge in [0.25, 0.3) is 0 Å². The number of rotatable bonds is 2. The van der Waals surface area contributed by atoms with Crippen molar-refractivity contribution >= 4 is 12.0 Å². The molecule has 11 heavy (non-hydrogen) atoms. The molecule has 5 heteroatoms. The standard InChI is InChI=1S/C6H7N3O2/c1-9-4-5(7-8-9)2-3-6(10)11/h2-4H,1H3,(H,10,11)/b3-2+. The summed E-state index contributed by atoms with van der Waals surface area (Å²) in [6, 6.07) is 0. The third-order valence-electron chi connectivity index (χ3n) is 1.02. The Bertz CT molecular complexity index is 290. The molecule has 0 amide bonds. The minimum absolute atomic E-state index is 0.537. The van der Waals surface area contributed by atoms with Gasteiger partial charge in [0.1, 0.15) is 5.69 Å². The maximum absolute atomic E-state index is 10.0. The highest BCUT2D eigenvalue weighted by Gasteiger charge is 1.92. The van der Waals surface area contributed by atoms with Gasteiger partial charge in [-0.25, -0.2) is 4.79 Å². The summed E-state index contributed by atoms with van der Waals surface area (Å²) in [5.41, 5.74) is 0.537. The zero-order valence-electron chi connectivity index (χ0n) is 5.93. The highest BCUT2D eigenvalue weighted by molar-refractivity contribution is 5.84. The number of aryl methyl sites for hydroxylation is 1. The SMILES string of the molecule is Cn1cc(/C=C/C(=O)O)nn1. The molecule has 5 nitrogen and oxygen atoms in total. The van der Waals surface area contributed by atoms with Crippen molar-refractivity contribution in [3.05, 3.63) is 18.0 Å². The summed E-state index contributed by atoms with van der Waals surface area (Å²) in [7, 11) is 1.71. The van der Waals surface area contributed by atoms with Crippen LogP contribution >= 0.6 is 0 Å². The molecule has 0 aliphatic heterocycles. The lowest BCUT2D eigenvalue weighted by atomic mass is 10.4. The number of nitrogens with zero attached hydrogens (tertiary/aromatic N) is 3. The van der Waals surface area contributed by atoms with E-state index >= 15 is 0 Å². The van der Waals surface area contributed by atoms with Crippen molar-refractivity contribution in [1.82, 2.24) is 15.0 Å². The first-order valence-electron chi connectivity index (χ1n) is 2.96. The van der Waals surface area contributed by atoms with E-state index in [4.69, 9.17) is 5.11 Å². The van der Waals surface area contributed by atoms with Crippen molar-refractivity contribution in [1.29, 1.82) is 0 Å². The Balaban J connectivity index is 2.71. The van der Waals surface area contributed by atoms with Crippen molar-refractivity contribution in [3.8, 4) is 0 Å². The van der Waals surface area contributed by atoms with Crippen molar-refractivity contribution in [2.24, 2.45) is 7.05 Å². The summed E-state index contributed by atoms with van der Waals surface area (Å²) in [6.45, 7) is 0. The van der Waals surface area contributed by atoms with Gasteiger partial charge in [-0.15, -0.1) is 5.10 Å². The summed E-state index contributed by atoms with van der Waals surface area (Å²) in [4.78, 5) is 10.0. The van der Waals surface area contributed by atoms with E-state index in [-0.39, 0.29) is 0 Å². The lowest BCUT2D eigenvalue weighted by Gasteiger charge is -1.78. The number of aromatic nitrogens is 3. The van der Waals surface area contributed by atoms with Gasteiger partial charge in [-0.3, -0.25) is 4.68 Å². The van der Waals surface area contributed by atoms with Crippen LogP contribution in [0.2, 0.25) is 0 Å². The molecule has 0 radical (unpaired) electrons. The fraction of sp³-hybridized carbons (Fsp3) is 0.167. The minimum Gasteiger partial charge on any atom is -0.478 e. The van der Waals surface area contributed by atoms with Crippen LogP contribution in [0.15, 0.2) is 12.3 Å². The Hall–Kier alpha value is -1.65. The van der Waals surface area contributed by atoms with E-state index in [0.717, 1.165) is 6.08 Å². The Morgan fingerprint density at radius 2 is 2.55 bits per heavy atom. The quantitative estimate of drug-likeness (QED) is 0.603. The van der Waals surface area contributed by atoms with Crippen LogP contribution in [0.3, 0.4) is 0 Å². The smallest absolute Gasteiger partial charge is 0.328 e. The summed E-state index contributed by atoms with van der Waals surface area (Å²) < 4.78 is 1.50. The molecule has 0 aliphatic carbocycles. The second kappa shape index (κ2) is 2.96. The molecular weight excluding hydrogens is 146 g/mol. The largest absolute Gasteiger partial charge is 0.478 e.